The fourth-order valence-corrected chi connectivity index (χ4v) is 3.48. The Morgan fingerprint density at radius 2 is 1.90 bits per heavy atom. The van der Waals surface area contributed by atoms with Gasteiger partial charge in [0.2, 0.25) is 5.91 Å². The predicted molar refractivity (Wildman–Crippen MR) is 74.8 cm³/mol. The van der Waals surface area contributed by atoms with Crippen molar-refractivity contribution in [2.24, 2.45) is 11.8 Å². The quantitative estimate of drug-likeness (QED) is 0.820. The molecule has 1 heterocycles. The number of carbonyl (C=O) groups is 1. The maximum absolute atomic E-state index is 13.2. The zero-order chi connectivity index (χ0) is 15.3. The lowest BCUT2D eigenvalue weighted by molar-refractivity contribution is -0.174. The molecule has 6 heteroatoms. The number of hydrogen-bond acceptors (Lipinski definition) is 2. The second-order valence-corrected chi connectivity index (χ2v) is 6.38. The van der Waals surface area contributed by atoms with Gasteiger partial charge in [0, 0.05) is 6.42 Å². The Bertz CT molecular complexity index is 334. The third-order valence-electron chi connectivity index (χ3n) is 4.73. The van der Waals surface area contributed by atoms with E-state index in [1.54, 1.807) is 0 Å². The molecule has 0 radical (unpaired) electrons. The van der Waals surface area contributed by atoms with Gasteiger partial charge in [0.05, 0.1) is 0 Å². The summed E-state index contributed by atoms with van der Waals surface area (Å²) < 4.78 is 39.5. The standard InChI is InChI=1S/C15H25F3N2O/c16-15(17,18)14(12-4-2-1-3-5-12)20-13(21)7-6-11-8-9-19-10-11/h11-12,14,19H,1-10H2,(H,20,21). The highest BCUT2D eigenvalue weighted by Gasteiger charge is 2.45. The van der Waals surface area contributed by atoms with E-state index in [0.717, 1.165) is 38.8 Å². The van der Waals surface area contributed by atoms with Crippen molar-refractivity contribution in [1.82, 2.24) is 10.6 Å². The molecule has 0 bridgehead atoms. The molecule has 0 spiro atoms. The molecule has 1 aliphatic carbocycles. The molecular formula is C15H25F3N2O. The normalized spacial score (nSPS) is 25.8. The molecule has 2 N–H and O–H groups in total. The summed E-state index contributed by atoms with van der Waals surface area (Å²) in [6.45, 7) is 1.82. The van der Waals surface area contributed by atoms with Crippen molar-refractivity contribution >= 4 is 5.91 Å². The van der Waals surface area contributed by atoms with E-state index in [4.69, 9.17) is 0 Å². The highest BCUT2D eigenvalue weighted by molar-refractivity contribution is 5.76. The molecule has 2 fully saturated rings. The molecule has 1 saturated carbocycles. The SMILES string of the molecule is O=C(CCC1CCNC1)NC(C1CCCCC1)C(F)(F)F. The summed E-state index contributed by atoms with van der Waals surface area (Å²) in [6, 6.07) is -1.66. The first-order chi connectivity index (χ1) is 9.97. The van der Waals surface area contributed by atoms with Crippen LogP contribution in [0.4, 0.5) is 13.2 Å². The highest BCUT2D eigenvalue weighted by Crippen LogP contribution is 2.34. The molecule has 0 aromatic rings. The molecule has 0 aromatic carbocycles. The fraction of sp³-hybridized carbons (Fsp3) is 0.933. The summed E-state index contributed by atoms with van der Waals surface area (Å²) in [4.78, 5) is 11.9. The molecule has 122 valence electrons. The van der Waals surface area contributed by atoms with Crippen LogP contribution in [0.2, 0.25) is 0 Å². The topological polar surface area (TPSA) is 41.1 Å². The van der Waals surface area contributed by atoms with Gasteiger partial charge in [0.15, 0.2) is 0 Å². The minimum Gasteiger partial charge on any atom is -0.344 e. The van der Waals surface area contributed by atoms with Crippen LogP contribution in [0.3, 0.4) is 0 Å². The maximum atomic E-state index is 13.2. The van der Waals surface area contributed by atoms with Crippen LogP contribution < -0.4 is 10.6 Å². The number of rotatable bonds is 5. The van der Waals surface area contributed by atoms with E-state index >= 15 is 0 Å². The maximum Gasteiger partial charge on any atom is 0.408 e. The van der Waals surface area contributed by atoms with Crippen LogP contribution in [0.25, 0.3) is 0 Å². The summed E-state index contributed by atoms with van der Waals surface area (Å²) in [7, 11) is 0. The minimum atomic E-state index is -4.34. The van der Waals surface area contributed by atoms with Gasteiger partial charge in [-0.3, -0.25) is 4.79 Å². The molecule has 2 atom stereocenters. The Labute approximate surface area is 124 Å². The molecule has 1 amide bonds. The average Bonchev–Trinajstić information content (AvgIpc) is 2.95. The van der Waals surface area contributed by atoms with Crippen molar-refractivity contribution in [3.8, 4) is 0 Å². The van der Waals surface area contributed by atoms with E-state index in [0.29, 0.717) is 25.2 Å². The predicted octanol–water partition coefficient (Wildman–Crippen LogP) is 3.00. The van der Waals surface area contributed by atoms with Crippen LogP contribution in [-0.2, 0) is 4.79 Å². The van der Waals surface area contributed by atoms with Crippen molar-refractivity contribution < 1.29 is 18.0 Å². The van der Waals surface area contributed by atoms with Crippen LogP contribution in [0.5, 0.6) is 0 Å². The Kier molecular flexibility index (Phi) is 5.90. The molecular weight excluding hydrogens is 281 g/mol. The van der Waals surface area contributed by atoms with Crippen LogP contribution in [0.15, 0.2) is 0 Å². The number of hydrogen-bond donors (Lipinski definition) is 2. The van der Waals surface area contributed by atoms with Crippen LogP contribution in [0.1, 0.15) is 51.4 Å². The van der Waals surface area contributed by atoms with Crippen molar-refractivity contribution in [1.29, 1.82) is 0 Å². The van der Waals surface area contributed by atoms with E-state index in [2.05, 4.69) is 10.6 Å². The third-order valence-corrected chi connectivity index (χ3v) is 4.73. The first-order valence-electron chi connectivity index (χ1n) is 8.03. The smallest absolute Gasteiger partial charge is 0.344 e. The van der Waals surface area contributed by atoms with Crippen molar-refractivity contribution in [2.45, 2.75) is 63.6 Å². The third kappa shape index (κ3) is 5.16. The van der Waals surface area contributed by atoms with Gasteiger partial charge in [0.1, 0.15) is 6.04 Å². The van der Waals surface area contributed by atoms with Gasteiger partial charge in [-0.2, -0.15) is 13.2 Å². The van der Waals surface area contributed by atoms with E-state index in [9.17, 15) is 18.0 Å². The summed E-state index contributed by atoms with van der Waals surface area (Å²) in [6.07, 6.45) is 1.35. The molecule has 3 nitrogen and oxygen atoms in total. The molecule has 1 saturated heterocycles. The van der Waals surface area contributed by atoms with Gasteiger partial charge >= 0.3 is 6.18 Å². The second kappa shape index (κ2) is 7.47. The Balaban J connectivity index is 1.83. The monoisotopic (exact) mass is 306 g/mol. The van der Waals surface area contributed by atoms with Crippen molar-refractivity contribution in [2.75, 3.05) is 13.1 Å². The zero-order valence-corrected chi connectivity index (χ0v) is 12.3. The lowest BCUT2D eigenvalue weighted by Crippen LogP contribution is -2.50. The number of amides is 1. The number of halogens is 3. The molecule has 2 rings (SSSR count). The largest absolute Gasteiger partial charge is 0.408 e. The second-order valence-electron chi connectivity index (χ2n) is 6.38. The molecule has 0 aromatic heterocycles. The first kappa shape index (κ1) is 16.6. The lowest BCUT2D eigenvalue weighted by Gasteiger charge is -2.32. The van der Waals surface area contributed by atoms with Gasteiger partial charge < -0.3 is 10.6 Å². The Morgan fingerprint density at radius 1 is 1.19 bits per heavy atom. The summed E-state index contributed by atoms with van der Waals surface area (Å²) in [5.41, 5.74) is 0. The van der Waals surface area contributed by atoms with E-state index < -0.39 is 24.0 Å². The van der Waals surface area contributed by atoms with Crippen LogP contribution in [0, 0.1) is 11.8 Å². The first-order valence-corrected chi connectivity index (χ1v) is 8.03. The highest BCUT2D eigenvalue weighted by atomic mass is 19.4. The lowest BCUT2D eigenvalue weighted by atomic mass is 9.83. The molecule has 2 aliphatic rings. The summed E-state index contributed by atoms with van der Waals surface area (Å²) >= 11 is 0. The van der Waals surface area contributed by atoms with E-state index in [1.807, 2.05) is 0 Å². The van der Waals surface area contributed by atoms with Gasteiger partial charge in [-0.05, 0) is 50.6 Å². The average molecular weight is 306 g/mol. The number of carbonyl (C=O) groups excluding carboxylic acids is 1. The Hall–Kier alpha value is -0.780. The van der Waals surface area contributed by atoms with E-state index in [-0.39, 0.29) is 6.42 Å². The van der Waals surface area contributed by atoms with Gasteiger partial charge in [-0.1, -0.05) is 19.3 Å². The van der Waals surface area contributed by atoms with Gasteiger partial charge in [0.25, 0.3) is 0 Å². The molecule has 21 heavy (non-hydrogen) atoms. The summed E-state index contributed by atoms with van der Waals surface area (Å²) in [5, 5.41) is 5.47. The van der Waals surface area contributed by atoms with Gasteiger partial charge in [-0.15, -0.1) is 0 Å². The number of alkyl halides is 3. The van der Waals surface area contributed by atoms with E-state index in [1.165, 1.54) is 0 Å². The minimum absolute atomic E-state index is 0.200. The summed E-state index contributed by atoms with van der Waals surface area (Å²) in [5.74, 6) is -0.472. The van der Waals surface area contributed by atoms with Crippen LogP contribution in [-0.4, -0.2) is 31.2 Å². The zero-order valence-electron chi connectivity index (χ0n) is 12.3. The number of nitrogens with one attached hydrogen (secondary N) is 2. The van der Waals surface area contributed by atoms with Crippen LogP contribution >= 0.6 is 0 Å². The fourth-order valence-electron chi connectivity index (χ4n) is 3.48. The van der Waals surface area contributed by atoms with Crippen molar-refractivity contribution in [3.05, 3.63) is 0 Å². The molecule has 2 unspecified atom stereocenters. The molecule has 1 aliphatic heterocycles. The van der Waals surface area contributed by atoms with Crippen molar-refractivity contribution in [3.63, 3.8) is 0 Å². The Morgan fingerprint density at radius 3 is 2.48 bits per heavy atom. The van der Waals surface area contributed by atoms with Gasteiger partial charge in [-0.25, -0.2) is 0 Å².